The minimum absolute atomic E-state index is 0.186. The zero-order valence-corrected chi connectivity index (χ0v) is 15.4. The highest BCUT2D eigenvalue weighted by Gasteiger charge is 2.08. The van der Waals surface area contributed by atoms with Crippen LogP contribution in [0.1, 0.15) is 27.0 Å². The van der Waals surface area contributed by atoms with Crippen LogP contribution in [0.2, 0.25) is 0 Å². The van der Waals surface area contributed by atoms with Crippen molar-refractivity contribution in [3.8, 4) is 0 Å². The number of halogens is 1. The number of hydrogen-bond donors (Lipinski definition) is 2. The molecule has 0 fully saturated rings. The number of carbonyl (C=O) groups excluding carboxylic acids is 1. The number of pyridine rings is 1. The summed E-state index contributed by atoms with van der Waals surface area (Å²) in [5.74, 6) is -0.448. The number of hydrogen-bond acceptors (Lipinski definition) is 3. The summed E-state index contributed by atoms with van der Waals surface area (Å²) < 4.78 is 12.9. The first kappa shape index (κ1) is 18.6. The maximum atomic E-state index is 12.9. The second-order valence-electron chi connectivity index (χ2n) is 6.54. The van der Waals surface area contributed by atoms with Crippen LogP contribution < -0.4 is 10.6 Å². The summed E-state index contributed by atoms with van der Waals surface area (Å²) in [6.07, 6.45) is 3.87. The number of benzene rings is 2. The fourth-order valence-corrected chi connectivity index (χ4v) is 2.73. The molecule has 5 heteroatoms. The summed E-state index contributed by atoms with van der Waals surface area (Å²) in [6, 6.07) is 14.2. The van der Waals surface area contributed by atoms with E-state index in [1.807, 2.05) is 13.8 Å². The quantitative estimate of drug-likeness (QED) is 0.675. The summed E-state index contributed by atoms with van der Waals surface area (Å²) >= 11 is 0. The Morgan fingerprint density at radius 1 is 1.04 bits per heavy atom. The molecule has 0 aliphatic heterocycles. The molecule has 0 saturated carbocycles. The van der Waals surface area contributed by atoms with Crippen LogP contribution in [0.3, 0.4) is 0 Å². The Balaban J connectivity index is 1.61. The molecule has 0 saturated heterocycles. The Kier molecular flexibility index (Phi) is 5.81. The van der Waals surface area contributed by atoms with Gasteiger partial charge in [-0.25, -0.2) is 4.39 Å². The van der Waals surface area contributed by atoms with Gasteiger partial charge in [-0.2, -0.15) is 0 Å². The van der Waals surface area contributed by atoms with Gasteiger partial charge in [-0.3, -0.25) is 9.78 Å². The van der Waals surface area contributed by atoms with Gasteiger partial charge in [0.25, 0.3) is 5.91 Å². The van der Waals surface area contributed by atoms with E-state index in [0.717, 1.165) is 28.1 Å². The summed E-state index contributed by atoms with van der Waals surface area (Å²) in [4.78, 5) is 16.5. The van der Waals surface area contributed by atoms with Crippen LogP contribution in [0.15, 0.2) is 60.9 Å². The Morgan fingerprint density at radius 2 is 1.81 bits per heavy atom. The lowest BCUT2D eigenvalue weighted by Gasteiger charge is -2.11. The molecule has 0 spiro atoms. The molecule has 0 aliphatic carbocycles. The SMILES string of the molecule is Cc1ccc(C)c(Nc2cncc(C(=O)NCCc3ccc(F)cc3)c2)c1. The molecule has 3 rings (SSSR count). The van der Waals surface area contributed by atoms with E-state index < -0.39 is 0 Å². The average molecular weight is 363 g/mol. The van der Waals surface area contributed by atoms with Crippen molar-refractivity contribution in [2.45, 2.75) is 20.3 Å². The van der Waals surface area contributed by atoms with Crippen LogP contribution in [0.5, 0.6) is 0 Å². The predicted octanol–water partition coefficient (Wildman–Crippen LogP) is 4.55. The average Bonchev–Trinajstić information content (AvgIpc) is 2.66. The molecule has 0 radical (unpaired) electrons. The number of aryl methyl sites for hydroxylation is 2. The molecular formula is C22H22FN3O. The summed E-state index contributed by atoms with van der Waals surface area (Å²) in [6.45, 7) is 4.54. The maximum Gasteiger partial charge on any atom is 0.252 e. The second-order valence-corrected chi connectivity index (χ2v) is 6.54. The van der Waals surface area contributed by atoms with Crippen LogP contribution in [0, 0.1) is 19.7 Å². The van der Waals surface area contributed by atoms with Gasteiger partial charge in [-0.1, -0.05) is 24.3 Å². The highest BCUT2D eigenvalue weighted by Crippen LogP contribution is 2.21. The first-order valence-electron chi connectivity index (χ1n) is 8.83. The van der Waals surface area contributed by atoms with Gasteiger partial charge in [0.15, 0.2) is 0 Å². The van der Waals surface area contributed by atoms with Crippen LogP contribution in [-0.2, 0) is 6.42 Å². The molecule has 0 unspecified atom stereocenters. The first-order valence-corrected chi connectivity index (χ1v) is 8.83. The zero-order chi connectivity index (χ0) is 19.2. The fraction of sp³-hybridized carbons (Fsp3) is 0.182. The molecule has 1 heterocycles. The fourth-order valence-electron chi connectivity index (χ4n) is 2.73. The molecule has 27 heavy (non-hydrogen) atoms. The van der Waals surface area contributed by atoms with E-state index in [4.69, 9.17) is 0 Å². The number of nitrogens with zero attached hydrogens (tertiary/aromatic N) is 1. The number of amides is 1. The van der Waals surface area contributed by atoms with Gasteiger partial charge in [0.1, 0.15) is 5.82 Å². The van der Waals surface area contributed by atoms with Gasteiger partial charge in [-0.05, 0) is 61.2 Å². The van der Waals surface area contributed by atoms with Crippen molar-refractivity contribution in [1.82, 2.24) is 10.3 Å². The van der Waals surface area contributed by atoms with E-state index >= 15 is 0 Å². The number of carbonyl (C=O) groups is 1. The van der Waals surface area contributed by atoms with Crippen molar-refractivity contribution < 1.29 is 9.18 Å². The monoisotopic (exact) mass is 363 g/mol. The van der Waals surface area contributed by atoms with Crippen molar-refractivity contribution in [2.24, 2.45) is 0 Å². The third-order valence-corrected chi connectivity index (χ3v) is 4.29. The van der Waals surface area contributed by atoms with Crippen molar-refractivity contribution in [3.63, 3.8) is 0 Å². The molecule has 1 aromatic heterocycles. The predicted molar refractivity (Wildman–Crippen MR) is 106 cm³/mol. The molecule has 4 nitrogen and oxygen atoms in total. The highest BCUT2D eigenvalue weighted by molar-refractivity contribution is 5.94. The van der Waals surface area contributed by atoms with Crippen molar-refractivity contribution in [3.05, 3.63) is 89.0 Å². The van der Waals surface area contributed by atoms with Crippen molar-refractivity contribution in [2.75, 3.05) is 11.9 Å². The smallest absolute Gasteiger partial charge is 0.252 e. The number of aromatic nitrogens is 1. The van der Waals surface area contributed by atoms with E-state index in [0.29, 0.717) is 18.5 Å². The second kappa shape index (κ2) is 8.45. The third-order valence-electron chi connectivity index (χ3n) is 4.29. The molecule has 0 aliphatic rings. The Bertz CT molecular complexity index is 939. The highest BCUT2D eigenvalue weighted by atomic mass is 19.1. The van der Waals surface area contributed by atoms with Crippen molar-refractivity contribution >= 4 is 17.3 Å². The minimum Gasteiger partial charge on any atom is -0.354 e. The third kappa shape index (κ3) is 5.14. The summed E-state index contributed by atoms with van der Waals surface area (Å²) in [5.41, 5.74) is 5.49. The lowest BCUT2D eigenvalue weighted by molar-refractivity contribution is 0.0954. The lowest BCUT2D eigenvalue weighted by atomic mass is 10.1. The normalized spacial score (nSPS) is 10.5. The summed E-state index contributed by atoms with van der Waals surface area (Å²) in [7, 11) is 0. The molecule has 138 valence electrons. The van der Waals surface area contributed by atoms with Gasteiger partial charge in [0, 0.05) is 18.4 Å². The van der Waals surface area contributed by atoms with Crippen molar-refractivity contribution in [1.29, 1.82) is 0 Å². The molecule has 2 aromatic carbocycles. The topological polar surface area (TPSA) is 54.0 Å². The molecule has 3 aromatic rings. The van der Waals surface area contributed by atoms with Gasteiger partial charge in [-0.15, -0.1) is 0 Å². The largest absolute Gasteiger partial charge is 0.354 e. The number of rotatable bonds is 6. The Labute approximate surface area is 158 Å². The molecule has 0 bridgehead atoms. The zero-order valence-electron chi connectivity index (χ0n) is 15.4. The van der Waals surface area contributed by atoms with Gasteiger partial charge >= 0.3 is 0 Å². The van der Waals surface area contributed by atoms with Crippen LogP contribution >= 0.6 is 0 Å². The molecular weight excluding hydrogens is 341 g/mol. The standard InChI is InChI=1S/C22H22FN3O/c1-15-3-4-16(2)21(11-15)26-20-12-18(13-24-14-20)22(27)25-10-9-17-5-7-19(23)8-6-17/h3-8,11-14,26H,9-10H2,1-2H3,(H,25,27). The first-order chi connectivity index (χ1) is 13.0. The van der Waals surface area contributed by atoms with E-state index in [1.54, 1.807) is 30.6 Å². The van der Waals surface area contributed by atoms with Crippen LogP contribution in [-0.4, -0.2) is 17.4 Å². The molecule has 2 N–H and O–H groups in total. The number of anilines is 2. The number of nitrogens with one attached hydrogen (secondary N) is 2. The van der Waals surface area contributed by atoms with E-state index in [1.165, 1.54) is 12.1 Å². The lowest BCUT2D eigenvalue weighted by Crippen LogP contribution is -2.25. The Morgan fingerprint density at radius 3 is 2.59 bits per heavy atom. The van der Waals surface area contributed by atoms with Crippen LogP contribution in [0.4, 0.5) is 15.8 Å². The van der Waals surface area contributed by atoms with E-state index in [2.05, 4.69) is 33.8 Å². The molecule has 0 atom stereocenters. The van der Waals surface area contributed by atoms with Gasteiger partial charge in [0.05, 0.1) is 17.4 Å². The Hall–Kier alpha value is -3.21. The molecule has 1 amide bonds. The minimum atomic E-state index is -0.262. The van der Waals surface area contributed by atoms with E-state index in [9.17, 15) is 9.18 Å². The van der Waals surface area contributed by atoms with Gasteiger partial charge in [0.2, 0.25) is 0 Å². The van der Waals surface area contributed by atoms with Crippen LogP contribution in [0.25, 0.3) is 0 Å². The van der Waals surface area contributed by atoms with Gasteiger partial charge < -0.3 is 10.6 Å². The van der Waals surface area contributed by atoms with E-state index in [-0.39, 0.29) is 11.7 Å². The maximum absolute atomic E-state index is 12.9. The summed E-state index contributed by atoms with van der Waals surface area (Å²) in [5, 5.41) is 6.19.